The highest BCUT2D eigenvalue weighted by Crippen LogP contribution is 2.30. The fourth-order valence-electron chi connectivity index (χ4n) is 2.85. The van der Waals surface area contributed by atoms with Crippen LogP contribution in [0.5, 0.6) is 0 Å². The second-order valence-corrected chi connectivity index (χ2v) is 6.02. The van der Waals surface area contributed by atoms with Gasteiger partial charge >= 0.3 is 0 Å². The van der Waals surface area contributed by atoms with Gasteiger partial charge in [0.1, 0.15) is 11.6 Å². The molecule has 110 valence electrons. The summed E-state index contributed by atoms with van der Waals surface area (Å²) >= 11 is 5.90. The van der Waals surface area contributed by atoms with E-state index in [-0.39, 0.29) is 5.82 Å². The van der Waals surface area contributed by atoms with Crippen molar-refractivity contribution in [3.8, 4) is 0 Å². The van der Waals surface area contributed by atoms with Gasteiger partial charge in [-0.3, -0.25) is 0 Å². The SMILES string of the molecule is CCC(C(C)C)n1c(CCCl)nc2cc(F)c(C)cc21. The van der Waals surface area contributed by atoms with E-state index in [1.54, 1.807) is 6.92 Å². The summed E-state index contributed by atoms with van der Waals surface area (Å²) in [5, 5.41) is 0. The smallest absolute Gasteiger partial charge is 0.128 e. The third-order valence-electron chi connectivity index (χ3n) is 3.88. The summed E-state index contributed by atoms with van der Waals surface area (Å²) < 4.78 is 16.0. The molecule has 0 bridgehead atoms. The molecular formula is C16H22ClFN2. The number of imidazole rings is 1. The average molecular weight is 297 g/mol. The standard InChI is InChI=1S/C16H22ClFN2/c1-5-14(10(2)3)20-15-8-11(4)12(18)9-13(15)19-16(20)6-7-17/h8-10,14H,5-7H2,1-4H3. The summed E-state index contributed by atoms with van der Waals surface area (Å²) in [6.07, 6.45) is 1.73. The minimum atomic E-state index is -0.197. The first-order valence-electron chi connectivity index (χ1n) is 7.22. The van der Waals surface area contributed by atoms with Crippen molar-refractivity contribution in [3.05, 3.63) is 29.3 Å². The van der Waals surface area contributed by atoms with Crippen LogP contribution in [0.25, 0.3) is 11.0 Å². The lowest BCUT2D eigenvalue weighted by Crippen LogP contribution is -2.17. The van der Waals surface area contributed by atoms with Gasteiger partial charge in [0.2, 0.25) is 0 Å². The number of alkyl halides is 1. The summed E-state index contributed by atoms with van der Waals surface area (Å²) in [5.74, 6) is 1.79. The minimum absolute atomic E-state index is 0.197. The highest BCUT2D eigenvalue weighted by atomic mass is 35.5. The second kappa shape index (κ2) is 6.13. The van der Waals surface area contributed by atoms with Gasteiger partial charge in [-0.2, -0.15) is 0 Å². The molecule has 2 nitrogen and oxygen atoms in total. The number of nitrogens with zero attached hydrogens (tertiary/aromatic N) is 2. The summed E-state index contributed by atoms with van der Waals surface area (Å²) in [5.41, 5.74) is 2.41. The van der Waals surface area contributed by atoms with Crippen molar-refractivity contribution >= 4 is 22.6 Å². The molecule has 0 aliphatic carbocycles. The maximum atomic E-state index is 13.7. The Bertz CT molecular complexity index is 604. The van der Waals surface area contributed by atoms with Crippen LogP contribution >= 0.6 is 11.6 Å². The number of benzene rings is 1. The van der Waals surface area contributed by atoms with Crippen LogP contribution in [0.15, 0.2) is 12.1 Å². The van der Waals surface area contributed by atoms with Crippen LogP contribution in [0.4, 0.5) is 4.39 Å². The molecular weight excluding hydrogens is 275 g/mol. The lowest BCUT2D eigenvalue weighted by Gasteiger charge is -2.24. The molecule has 1 unspecified atom stereocenters. The normalized spacial score (nSPS) is 13.3. The van der Waals surface area contributed by atoms with Gasteiger partial charge in [0.15, 0.2) is 0 Å². The number of hydrogen-bond donors (Lipinski definition) is 0. The summed E-state index contributed by atoms with van der Waals surface area (Å²) in [4.78, 5) is 4.59. The highest BCUT2D eigenvalue weighted by molar-refractivity contribution is 6.17. The summed E-state index contributed by atoms with van der Waals surface area (Å²) in [6, 6.07) is 3.80. The maximum Gasteiger partial charge on any atom is 0.128 e. The zero-order valence-electron chi connectivity index (χ0n) is 12.6. The van der Waals surface area contributed by atoms with E-state index in [0.717, 1.165) is 23.3 Å². The Morgan fingerprint density at radius 3 is 2.60 bits per heavy atom. The van der Waals surface area contributed by atoms with Gasteiger partial charge in [0.05, 0.1) is 11.0 Å². The molecule has 0 aliphatic rings. The molecule has 1 aromatic carbocycles. The van der Waals surface area contributed by atoms with E-state index < -0.39 is 0 Å². The molecule has 0 saturated heterocycles. The minimum Gasteiger partial charge on any atom is -0.325 e. The fraction of sp³-hybridized carbons (Fsp3) is 0.562. The Morgan fingerprint density at radius 1 is 1.35 bits per heavy atom. The van der Waals surface area contributed by atoms with E-state index in [2.05, 4.69) is 30.3 Å². The number of aryl methyl sites for hydroxylation is 2. The molecule has 2 rings (SSSR count). The van der Waals surface area contributed by atoms with Crippen LogP contribution < -0.4 is 0 Å². The molecule has 0 aliphatic heterocycles. The van der Waals surface area contributed by atoms with Crippen molar-refractivity contribution in [1.29, 1.82) is 0 Å². The van der Waals surface area contributed by atoms with Gasteiger partial charge < -0.3 is 4.57 Å². The first-order chi connectivity index (χ1) is 9.49. The summed E-state index contributed by atoms with van der Waals surface area (Å²) in [6.45, 7) is 8.39. The van der Waals surface area contributed by atoms with Crippen LogP contribution in [0.3, 0.4) is 0 Å². The largest absolute Gasteiger partial charge is 0.325 e. The third-order valence-corrected chi connectivity index (χ3v) is 4.07. The molecule has 0 fully saturated rings. The zero-order chi connectivity index (χ0) is 14.9. The van der Waals surface area contributed by atoms with Crippen LogP contribution in [0, 0.1) is 18.7 Å². The molecule has 0 spiro atoms. The van der Waals surface area contributed by atoms with Crippen molar-refractivity contribution in [2.75, 3.05) is 5.88 Å². The van der Waals surface area contributed by atoms with E-state index in [0.29, 0.717) is 29.8 Å². The Kier molecular flexibility index (Phi) is 4.69. The average Bonchev–Trinajstić information content (AvgIpc) is 2.70. The van der Waals surface area contributed by atoms with Gasteiger partial charge in [0, 0.05) is 24.4 Å². The van der Waals surface area contributed by atoms with Crippen molar-refractivity contribution < 1.29 is 4.39 Å². The maximum absolute atomic E-state index is 13.7. The van der Waals surface area contributed by atoms with Gasteiger partial charge in [-0.05, 0) is 30.9 Å². The second-order valence-electron chi connectivity index (χ2n) is 5.65. The highest BCUT2D eigenvalue weighted by Gasteiger charge is 2.21. The van der Waals surface area contributed by atoms with Crippen molar-refractivity contribution in [2.24, 2.45) is 5.92 Å². The lowest BCUT2D eigenvalue weighted by molar-refractivity contribution is 0.365. The van der Waals surface area contributed by atoms with Gasteiger partial charge in [-0.15, -0.1) is 11.6 Å². The molecule has 1 atom stereocenters. The van der Waals surface area contributed by atoms with Crippen LogP contribution in [-0.2, 0) is 6.42 Å². The van der Waals surface area contributed by atoms with Crippen molar-refractivity contribution in [2.45, 2.75) is 46.6 Å². The molecule has 0 radical (unpaired) electrons. The Balaban J connectivity index is 2.70. The number of aromatic nitrogens is 2. The lowest BCUT2D eigenvalue weighted by atomic mass is 10.0. The van der Waals surface area contributed by atoms with E-state index in [1.807, 2.05) is 6.07 Å². The third kappa shape index (κ3) is 2.69. The number of hydrogen-bond acceptors (Lipinski definition) is 1. The molecule has 2 aromatic rings. The molecule has 1 heterocycles. The first kappa shape index (κ1) is 15.3. The predicted octanol–water partition coefficient (Wildman–Crippen LogP) is 4.87. The Morgan fingerprint density at radius 2 is 2.05 bits per heavy atom. The quantitative estimate of drug-likeness (QED) is 0.720. The van der Waals surface area contributed by atoms with Gasteiger partial charge in [-0.25, -0.2) is 9.37 Å². The Hall–Kier alpha value is -1.09. The number of halogens is 2. The molecule has 20 heavy (non-hydrogen) atoms. The van der Waals surface area contributed by atoms with E-state index in [9.17, 15) is 4.39 Å². The van der Waals surface area contributed by atoms with Crippen LogP contribution in [0.2, 0.25) is 0 Å². The van der Waals surface area contributed by atoms with Crippen molar-refractivity contribution in [1.82, 2.24) is 9.55 Å². The molecule has 1 aromatic heterocycles. The Labute approximate surface area is 125 Å². The van der Waals surface area contributed by atoms with E-state index >= 15 is 0 Å². The number of fused-ring (bicyclic) bond motifs is 1. The predicted molar refractivity (Wildman–Crippen MR) is 83.0 cm³/mol. The van der Waals surface area contributed by atoms with E-state index in [1.165, 1.54) is 6.07 Å². The number of rotatable bonds is 5. The zero-order valence-corrected chi connectivity index (χ0v) is 13.3. The monoisotopic (exact) mass is 296 g/mol. The van der Waals surface area contributed by atoms with Crippen LogP contribution in [0.1, 0.15) is 44.6 Å². The van der Waals surface area contributed by atoms with Gasteiger partial charge in [-0.1, -0.05) is 20.8 Å². The van der Waals surface area contributed by atoms with Crippen LogP contribution in [-0.4, -0.2) is 15.4 Å². The fourth-order valence-corrected chi connectivity index (χ4v) is 3.02. The molecule has 4 heteroatoms. The molecule has 0 amide bonds. The van der Waals surface area contributed by atoms with E-state index in [4.69, 9.17) is 11.6 Å². The topological polar surface area (TPSA) is 17.8 Å². The molecule has 0 saturated carbocycles. The molecule has 0 N–H and O–H groups in total. The first-order valence-corrected chi connectivity index (χ1v) is 7.76. The van der Waals surface area contributed by atoms with Crippen molar-refractivity contribution in [3.63, 3.8) is 0 Å². The van der Waals surface area contributed by atoms with Gasteiger partial charge in [0.25, 0.3) is 0 Å². The summed E-state index contributed by atoms with van der Waals surface area (Å²) in [7, 11) is 0.